The molecule has 1 aliphatic heterocycles. The predicted molar refractivity (Wildman–Crippen MR) is 79.7 cm³/mol. The van der Waals surface area contributed by atoms with Crippen molar-refractivity contribution >= 4 is 17.3 Å². The fourth-order valence-corrected chi connectivity index (χ4v) is 2.76. The molecule has 1 aromatic rings. The number of nitro groups is 1. The number of methoxy groups -OCH3 is 1. The first-order valence-corrected chi connectivity index (χ1v) is 7.18. The molecule has 0 amide bonds. The number of anilines is 1. The molecule has 0 unspecified atom stereocenters. The second kappa shape index (κ2) is 6.56. The van der Waals surface area contributed by atoms with Crippen molar-refractivity contribution in [1.82, 2.24) is 0 Å². The highest BCUT2D eigenvalue weighted by Crippen LogP contribution is 2.33. The smallest absolute Gasteiger partial charge is 0.337 e. The van der Waals surface area contributed by atoms with Gasteiger partial charge in [-0.2, -0.15) is 0 Å². The standard InChI is InChI=1S/C15H20N2O4/c1-3-11-6-8-16(9-7-11)14-10-12(15(18)21-2)4-5-13(14)17(19)20/h4-5,10-11H,3,6-9H2,1-2H3. The van der Waals surface area contributed by atoms with Gasteiger partial charge in [0.05, 0.1) is 17.6 Å². The van der Waals surface area contributed by atoms with E-state index in [-0.39, 0.29) is 5.69 Å². The molecule has 0 aromatic heterocycles. The summed E-state index contributed by atoms with van der Waals surface area (Å²) in [7, 11) is 1.30. The summed E-state index contributed by atoms with van der Waals surface area (Å²) in [6.07, 6.45) is 3.18. The van der Waals surface area contributed by atoms with Gasteiger partial charge in [0.1, 0.15) is 5.69 Å². The van der Waals surface area contributed by atoms with Crippen LogP contribution in [-0.2, 0) is 4.74 Å². The molecule has 0 bridgehead atoms. The molecular formula is C15H20N2O4. The van der Waals surface area contributed by atoms with E-state index in [1.807, 2.05) is 4.90 Å². The minimum absolute atomic E-state index is 0.0394. The van der Waals surface area contributed by atoms with Crippen LogP contribution in [0.1, 0.15) is 36.5 Å². The first kappa shape index (κ1) is 15.3. The van der Waals surface area contributed by atoms with Crippen molar-refractivity contribution in [3.63, 3.8) is 0 Å². The van der Waals surface area contributed by atoms with Crippen LogP contribution in [0.25, 0.3) is 0 Å². The van der Waals surface area contributed by atoms with Crippen LogP contribution in [0.5, 0.6) is 0 Å². The zero-order valence-corrected chi connectivity index (χ0v) is 12.4. The van der Waals surface area contributed by atoms with Gasteiger partial charge >= 0.3 is 5.97 Å². The fourth-order valence-electron chi connectivity index (χ4n) is 2.76. The van der Waals surface area contributed by atoms with Crippen molar-refractivity contribution in [3.8, 4) is 0 Å². The van der Waals surface area contributed by atoms with Gasteiger partial charge in [-0.1, -0.05) is 13.3 Å². The second-order valence-electron chi connectivity index (χ2n) is 5.29. The third-order valence-corrected chi connectivity index (χ3v) is 4.13. The summed E-state index contributed by atoms with van der Waals surface area (Å²) in [4.78, 5) is 24.4. The van der Waals surface area contributed by atoms with E-state index in [1.165, 1.54) is 19.2 Å². The van der Waals surface area contributed by atoms with Gasteiger partial charge in [-0.25, -0.2) is 4.79 Å². The van der Waals surface area contributed by atoms with Gasteiger partial charge in [0.2, 0.25) is 0 Å². The number of hydrogen-bond donors (Lipinski definition) is 0. The van der Waals surface area contributed by atoms with E-state index < -0.39 is 10.9 Å². The van der Waals surface area contributed by atoms with Crippen LogP contribution in [0.2, 0.25) is 0 Å². The van der Waals surface area contributed by atoms with Crippen molar-refractivity contribution in [1.29, 1.82) is 0 Å². The van der Waals surface area contributed by atoms with Crippen LogP contribution in [0.4, 0.5) is 11.4 Å². The van der Waals surface area contributed by atoms with E-state index in [0.29, 0.717) is 17.2 Å². The molecule has 1 saturated heterocycles. The first-order valence-electron chi connectivity index (χ1n) is 7.18. The minimum atomic E-state index is -0.477. The van der Waals surface area contributed by atoms with Crippen LogP contribution in [0.15, 0.2) is 18.2 Å². The van der Waals surface area contributed by atoms with Crippen LogP contribution in [-0.4, -0.2) is 31.1 Å². The number of hydrogen-bond acceptors (Lipinski definition) is 5. The van der Waals surface area contributed by atoms with Gasteiger partial charge in [-0.05, 0) is 30.9 Å². The Morgan fingerprint density at radius 2 is 2.10 bits per heavy atom. The Labute approximate surface area is 123 Å². The van der Waals surface area contributed by atoms with Crippen molar-refractivity contribution < 1.29 is 14.5 Å². The SMILES string of the molecule is CCC1CCN(c2cc(C(=O)OC)ccc2[N+](=O)[O-])CC1. The Morgan fingerprint density at radius 1 is 1.43 bits per heavy atom. The number of benzene rings is 1. The lowest BCUT2D eigenvalue weighted by Gasteiger charge is -2.33. The summed E-state index contributed by atoms with van der Waals surface area (Å²) in [5.74, 6) is 0.207. The van der Waals surface area contributed by atoms with Crippen LogP contribution in [0.3, 0.4) is 0 Å². The molecule has 0 atom stereocenters. The molecular weight excluding hydrogens is 272 g/mol. The molecule has 1 heterocycles. The number of esters is 1. The Hall–Kier alpha value is -2.11. The Morgan fingerprint density at radius 3 is 2.62 bits per heavy atom. The molecule has 1 fully saturated rings. The van der Waals surface area contributed by atoms with Crippen LogP contribution < -0.4 is 4.90 Å². The molecule has 0 aliphatic carbocycles. The second-order valence-corrected chi connectivity index (χ2v) is 5.29. The van der Waals surface area contributed by atoms with E-state index in [9.17, 15) is 14.9 Å². The zero-order chi connectivity index (χ0) is 15.4. The highest BCUT2D eigenvalue weighted by molar-refractivity contribution is 5.91. The summed E-state index contributed by atoms with van der Waals surface area (Å²) in [6.45, 7) is 3.73. The van der Waals surface area contributed by atoms with E-state index >= 15 is 0 Å². The molecule has 114 valence electrons. The molecule has 21 heavy (non-hydrogen) atoms. The molecule has 6 nitrogen and oxygen atoms in total. The molecule has 2 rings (SSSR count). The maximum Gasteiger partial charge on any atom is 0.337 e. The topological polar surface area (TPSA) is 72.7 Å². The lowest BCUT2D eigenvalue weighted by atomic mass is 9.94. The molecule has 6 heteroatoms. The van der Waals surface area contributed by atoms with Gasteiger partial charge in [0.25, 0.3) is 5.69 Å². The monoisotopic (exact) mass is 292 g/mol. The summed E-state index contributed by atoms with van der Waals surface area (Å²) in [6, 6.07) is 4.38. The third kappa shape index (κ3) is 3.32. The predicted octanol–water partition coefficient (Wildman–Crippen LogP) is 3.01. The van der Waals surface area contributed by atoms with E-state index in [4.69, 9.17) is 0 Å². The summed E-state index contributed by atoms with van der Waals surface area (Å²) >= 11 is 0. The van der Waals surface area contributed by atoms with Crippen molar-refractivity contribution in [2.45, 2.75) is 26.2 Å². The van der Waals surface area contributed by atoms with E-state index in [2.05, 4.69) is 11.7 Å². The Bertz CT molecular complexity index is 536. The highest BCUT2D eigenvalue weighted by atomic mass is 16.6. The van der Waals surface area contributed by atoms with Gasteiger partial charge in [0.15, 0.2) is 0 Å². The number of ether oxygens (including phenoxy) is 1. The molecule has 0 spiro atoms. The largest absolute Gasteiger partial charge is 0.465 e. The highest BCUT2D eigenvalue weighted by Gasteiger charge is 2.25. The number of piperidine rings is 1. The lowest BCUT2D eigenvalue weighted by Crippen LogP contribution is -2.34. The number of carbonyl (C=O) groups excluding carboxylic acids is 1. The molecule has 0 radical (unpaired) electrons. The van der Waals surface area contributed by atoms with E-state index in [1.54, 1.807) is 6.07 Å². The molecule has 1 aliphatic rings. The van der Waals surface area contributed by atoms with Gasteiger partial charge < -0.3 is 9.64 Å². The first-order chi connectivity index (χ1) is 10.1. The summed E-state index contributed by atoms with van der Waals surface area (Å²) in [5.41, 5.74) is 0.894. The number of nitrogens with zero attached hydrogens (tertiary/aromatic N) is 2. The minimum Gasteiger partial charge on any atom is -0.465 e. The van der Waals surface area contributed by atoms with E-state index in [0.717, 1.165) is 32.4 Å². The number of rotatable bonds is 4. The molecule has 1 aromatic carbocycles. The number of nitro benzene ring substituents is 1. The Balaban J connectivity index is 2.31. The van der Waals surface area contributed by atoms with Crippen molar-refractivity contribution in [2.75, 3.05) is 25.1 Å². The summed E-state index contributed by atoms with van der Waals surface area (Å²) in [5, 5.41) is 11.2. The van der Waals surface area contributed by atoms with Gasteiger partial charge in [-0.3, -0.25) is 10.1 Å². The fraction of sp³-hybridized carbons (Fsp3) is 0.533. The quantitative estimate of drug-likeness (QED) is 0.484. The molecule has 0 saturated carbocycles. The average molecular weight is 292 g/mol. The maximum atomic E-state index is 11.6. The normalized spacial score (nSPS) is 15.8. The van der Waals surface area contributed by atoms with Crippen LogP contribution in [0, 0.1) is 16.0 Å². The number of carbonyl (C=O) groups is 1. The van der Waals surface area contributed by atoms with Gasteiger partial charge in [-0.15, -0.1) is 0 Å². The van der Waals surface area contributed by atoms with Crippen molar-refractivity contribution in [3.05, 3.63) is 33.9 Å². The van der Waals surface area contributed by atoms with Crippen molar-refractivity contribution in [2.24, 2.45) is 5.92 Å². The van der Waals surface area contributed by atoms with Crippen LogP contribution >= 0.6 is 0 Å². The molecule has 0 N–H and O–H groups in total. The van der Waals surface area contributed by atoms with Gasteiger partial charge in [0, 0.05) is 19.2 Å². The summed E-state index contributed by atoms with van der Waals surface area (Å²) < 4.78 is 4.69. The maximum absolute atomic E-state index is 11.6. The Kier molecular flexibility index (Phi) is 4.77. The third-order valence-electron chi connectivity index (χ3n) is 4.13. The average Bonchev–Trinajstić information content (AvgIpc) is 2.53. The zero-order valence-electron chi connectivity index (χ0n) is 12.4. The lowest BCUT2D eigenvalue weighted by molar-refractivity contribution is -0.384.